The second-order valence-corrected chi connectivity index (χ2v) is 10.6. The molecule has 0 spiro atoms. The largest absolute Gasteiger partial charge is 0.309 e. The van der Waals surface area contributed by atoms with Gasteiger partial charge < -0.3 is 4.90 Å². The van der Waals surface area contributed by atoms with Crippen LogP contribution < -0.4 is 0 Å². The Hall–Kier alpha value is -2.64. The zero-order valence-corrected chi connectivity index (χ0v) is 21.3. The lowest BCUT2D eigenvalue weighted by Crippen LogP contribution is -2.13. The lowest BCUT2D eigenvalue weighted by atomic mass is 9.84. The van der Waals surface area contributed by atoms with Crippen molar-refractivity contribution in [3.8, 4) is 0 Å². The molecule has 0 saturated heterocycles. The van der Waals surface area contributed by atoms with E-state index in [1.54, 1.807) is 0 Å². The van der Waals surface area contributed by atoms with Crippen molar-refractivity contribution in [1.82, 2.24) is 4.90 Å². The van der Waals surface area contributed by atoms with Crippen LogP contribution in [0, 0.1) is 5.41 Å². The number of allylic oxidation sites excluding steroid dienone is 1. The van der Waals surface area contributed by atoms with Gasteiger partial charge in [0.15, 0.2) is 0 Å². The molecular weight excluding hydrogens is 398 g/mol. The van der Waals surface area contributed by atoms with Gasteiger partial charge in [-0.05, 0) is 91.6 Å². The van der Waals surface area contributed by atoms with Crippen molar-refractivity contribution in [1.29, 1.82) is 0 Å². The van der Waals surface area contributed by atoms with Crippen molar-refractivity contribution in [2.24, 2.45) is 5.41 Å². The molecule has 0 bridgehead atoms. The van der Waals surface area contributed by atoms with E-state index in [0.29, 0.717) is 5.41 Å². The minimum Gasteiger partial charge on any atom is -0.309 e. The SMILES string of the molecule is CN(C)CCCc1ccc(/C(=C(/CCCC(C)(C)C)c2ccccc2)c2ccccc2)cc1. The Bertz CT molecular complexity index is 990. The molecule has 1 nitrogen and oxygen atoms in total. The van der Waals surface area contributed by atoms with Crippen LogP contribution in [-0.4, -0.2) is 25.5 Å². The van der Waals surface area contributed by atoms with Gasteiger partial charge in [0, 0.05) is 0 Å². The van der Waals surface area contributed by atoms with Crippen LogP contribution in [-0.2, 0) is 6.42 Å². The van der Waals surface area contributed by atoms with E-state index in [-0.39, 0.29) is 0 Å². The second kappa shape index (κ2) is 12.0. The first kappa shape index (κ1) is 25.0. The molecule has 0 aliphatic heterocycles. The van der Waals surface area contributed by atoms with Gasteiger partial charge in [-0.3, -0.25) is 0 Å². The quantitative estimate of drug-likeness (QED) is 0.287. The Kier molecular flexibility index (Phi) is 9.09. The molecule has 0 amide bonds. The first-order valence-corrected chi connectivity index (χ1v) is 12.4. The fraction of sp³-hybridized carbons (Fsp3) is 0.375. The monoisotopic (exact) mass is 439 g/mol. The van der Waals surface area contributed by atoms with Crippen LogP contribution in [0.3, 0.4) is 0 Å². The maximum atomic E-state index is 2.34. The van der Waals surface area contributed by atoms with Gasteiger partial charge in [-0.25, -0.2) is 0 Å². The predicted molar refractivity (Wildman–Crippen MR) is 145 cm³/mol. The molecule has 0 heterocycles. The van der Waals surface area contributed by atoms with Crippen molar-refractivity contribution >= 4 is 11.1 Å². The summed E-state index contributed by atoms with van der Waals surface area (Å²) in [5.74, 6) is 0. The van der Waals surface area contributed by atoms with Crippen LogP contribution in [0.1, 0.15) is 68.7 Å². The van der Waals surface area contributed by atoms with Gasteiger partial charge in [0.25, 0.3) is 0 Å². The smallest absolute Gasteiger partial charge is 0.00217 e. The lowest BCUT2D eigenvalue weighted by molar-refractivity contribution is 0.368. The van der Waals surface area contributed by atoms with Crippen molar-refractivity contribution in [2.75, 3.05) is 20.6 Å². The molecule has 0 aliphatic carbocycles. The summed E-state index contributed by atoms with van der Waals surface area (Å²) in [6.45, 7) is 8.15. The van der Waals surface area contributed by atoms with E-state index in [4.69, 9.17) is 0 Å². The molecule has 0 fully saturated rings. The topological polar surface area (TPSA) is 3.24 Å². The van der Waals surface area contributed by atoms with Crippen LogP contribution in [0.4, 0.5) is 0 Å². The molecule has 0 N–H and O–H groups in total. The number of nitrogens with zero attached hydrogens (tertiary/aromatic N) is 1. The van der Waals surface area contributed by atoms with Gasteiger partial charge >= 0.3 is 0 Å². The van der Waals surface area contributed by atoms with E-state index in [9.17, 15) is 0 Å². The molecule has 174 valence electrons. The third-order valence-corrected chi connectivity index (χ3v) is 6.15. The third-order valence-electron chi connectivity index (χ3n) is 6.15. The normalized spacial score (nSPS) is 12.7. The molecule has 0 atom stereocenters. The molecule has 33 heavy (non-hydrogen) atoms. The molecule has 0 saturated carbocycles. The van der Waals surface area contributed by atoms with Crippen molar-refractivity contribution in [3.05, 3.63) is 107 Å². The molecule has 1 heteroatoms. The maximum absolute atomic E-state index is 2.34. The van der Waals surface area contributed by atoms with Gasteiger partial charge in [-0.1, -0.05) is 106 Å². The Morgan fingerprint density at radius 2 is 1.21 bits per heavy atom. The number of hydrogen-bond donors (Lipinski definition) is 0. The fourth-order valence-electron chi connectivity index (χ4n) is 4.41. The summed E-state index contributed by atoms with van der Waals surface area (Å²) >= 11 is 0. The standard InChI is InChI=1S/C32H41N/c1-32(2,3)24-12-19-30(27-15-8-6-9-16-27)31(28-17-10-7-11-18-28)29-22-20-26(21-23-29)14-13-25-33(4)5/h6-11,15-18,20-23H,12-14,19,24-25H2,1-5H3/b31-30-. The van der Waals surface area contributed by atoms with Crippen LogP contribution in [0.2, 0.25) is 0 Å². The average molecular weight is 440 g/mol. The summed E-state index contributed by atoms with van der Waals surface area (Å²) in [4.78, 5) is 2.26. The number of hydrogen-bond acceptors (Lipinski definition) is 1. The highest BCUT2D eigenvalue weighted by molar-refractivity contribution is 5.98. The van der Waals surface area contributed by atoms with Gasteiger partial charge in [-0.15, -0.1) is 0 Å². The van der Waals surface area contributed by atoms with Gasteiger partial charge in [-0.2, -0.15) is 0 Å². The van der Waals surface area contributed by atoms with E-state index in [1.807, 2.05) is 0 Å². The molecule has 3 aromatic carbocycles. The van der Waals surface area contributed by atoms with Crippen molar-refractivity contribution in [3.63, 3.8) is 0 Å². The van der Waals surface area contributed by atoms with Gasteiger partial charge in [0.2, 0.25) is 0 Å². The first-order valence-electron chi connectivity index (χ1n) is 12.4. The van der Waals surface area contributed by atoms with E-state index in [1.165, 1.54) is 52.7 Å². The van der Waals surface area contributed by atoms with E-state index in [2.05, 4.69) is 125 Å². The van der Waals surface area contributed by atoms with E-state index in [0.717, 1.165) is 19.4 Å². The van der Waals surface area contributed by atoms with Crippen LogP contribution in [0.15, 0.2) is 84.9 Å². The van der Waals surface area contributed by atoms with Crippen molar-refractivity contribution in [2.45, 2.75) is 52.9 Å². The Morgan fingerprint density at radius 3 is 1.76 bits per heavy atom. The highest BCUT2D eigenvalue weighted by Gasteiger charge is 2.16. The van der Waals surface area contributed by atoms with E-state index < -0.39 is 0 Å². The van der Waals surface area contributed by atoms with Crippen molar-refractivity contribution < 1.29 is 0 Å². The van der Waals surface area contributed by atoms with Crippen LogP contribution in [0.5, 0.6) is 0 Å². The van der Waals surface area contributed by atoms with Gasteiger partial charge in [0.05, 0.1) is 0 Å². The van der Waals surface area contributed by atoms with Gasteiger partial charge in [0.1, 0.15) is 0 Å². The highest BCUT2D eigenvalue weighted by Crippen LogP contribution is 2.36. The second-order valence-electron chi connectivity index (χ2n) is 10.6. The summed E-state index contributed by atoms with van der Waals surface area (Å²) in [5.41, 5.74) is 8.53. The summed E-state index contributed by atoms with van der Waals surface area (Å²) in [6.07, 6.45) is 5.80. The lowest BCUT2D eigenvalue weighted by Gasteiger charge is -2.21. The number of rotatable bonds is 10. The Labute approximate surface area is 202 Å². The Morgan fingerprint density at radius 1 is 0.667 bits per heavy atom. The summed E-state index contributed by atoms with van der Waals surface area (Å²) in [7, 11) is 4.29. The molecule has 0 aromatic heterocycles. The first-order chi connectivity index (χ1) is 15.8. The molecule has 3 aromatic rings. The molecular formula is C32H41N. The minimum absolute atomic E-state index is 0.350. The fourth-order valence-corrected chi connectivity index (χ4v) is 4.41. The highest BCUT2D eigenvalue weighted by atomic mass is 15.0. The zero-order chi connectivity index (χ0) is 23.7. The van der Waals surface area contributed by atoms with E-state index >= 15 is 0 Å². The van der Waals surface area contributed by atoms with Crippen LogP contribution in [0.25, 0.3) is 11.1 Å². The third kappa shape index (κ3) is 8.02. The summed E-state index contributed by atoms with van der Waals surface area (Å²) < 4.78 is 0. The zero-order valence-electron chi connectivity index (χ0n) is 21.3. The molecule has 0 unspecified atom stereocenters. The molecule has 0 aliphatic rings. The number of aryl methyl sites for hydroxylation is 1. The summed E-state index contributed by atoms with van der Waals surface area (Å²) in [5, 5.41) is 0. The predicted octanol–water partition coefficient (Wildman–Crippen LogP) is 8.36. The average Bonchev–Trinajstić information content (AvgIpc) is 2.79. The maximum Gasteiger partial charge on any atom is -0.00217 e. The molecule has 3 rings (SSSR count). The summed E-state index contributed by atoms with van der Waals surface area (Å²) in [6, 6.07) is 31.2. The minimum atomic E-state index is 0.350. The Balaban J connectivity index is 2.02. The number of benzene rings is 3. The van der Waals surface area contributed by atoms with Crippen LogP contribution >= 0.6 is 0 Å². The molecule has 0 radical (unpaired) electrons.